The summed E-state index contributed by atoms with van der Waals surface area (Å²) in [5.74, 6) is -1.21. The molecule has 2 aromatic carbocycles. The molecule has 2 rings (SSSR count). The number of halogens is 2. The maximum atomic E-state index is 13.5. The fourth-order valence-corrected chi connectivity index (χ4v) is 1.88. The summed E-state index contributed by atoms with van der Waals surface area (Å²) in [6, 6.07) is 8.42. The van der Waals surface area contributed by atoms with Crippen LogP contribution >= 0.6 is 0 Å². The van der Waals surface area contributed by atoms with E-state index >= 15 is 0 Å². The normalized spacial score (nSPS) is 10.6. The van der Waals surface area contributed by atoms with Gasteiger partial charge in [-0.2, -0.15) is 0 Å². The highest BCUT2D eigenvalue weighted by molar-refractivity contribution is 6.02. The second-order valence-electron chi connectivity index (χ2n) is 4.57. The largest absolute Gasteiger partial charge is 0.497 e. The SMILES string of the molecule is COc1cc(/C=C/C(=O)Nc2c(F)cccc2F)cc(OC)c1. The summed E-state index contributed by atoms with van der Waals surface area (Å²) in [6.07, 6.45) is 2.65. The molecular weight excluding hydrogens is 304 g/mol. The third-order valence-corrected chi connectivity index (χ3v) is 3.01. The molecule has 1 amide bonds. The quantitative estimate of drug-likeness (QED) is 0.856. The molecule has 4 nitrogen and oxygen atoms in total. The molecule has 0 atom stereocenters. The number of carbonyl (C=O) groups excluding carboxylic acids is 1. The fraction of sp³-hybridized carbons (Fsp3) is 0.118. The number of nitrogens with one attached hydrogen (secondary N) is 1. The van der Waals surface area contributed by atoms with E-state index < -0.39 is 23.2 Å². The molecule has 0 saturated heterocycles. The van der Waals surface area contributed by atoms with Gasteiger partial charge in [0.05, 0.1) is 14.2 Å². The molecule has 0 unspecified atom stereocenters. The van der Waals surface area contributed by atoms with Gasteiger partial charge in [0.15, 0.2) is 0 Å². The molecule has 0 bridgehead atoms. The number of methoxy groups -OCH3 is 2. The molecule has 0 fully saturated rings. The van der Waals surface area contributed by atoms with Gasteiger partial charge in [0.2, 0.25) is 5.91 Å². The molecule has 0 spiro atoms. The van der Waals surface area contributed by atoms with Gasteiger partial charge in [0.1, 0.15) is 28.8 Å². The van der Waals surface area contributed by atoms with Crippen LogP contribution in [0.1, 0.15) is 5.56 Å². The Morgan fingerprint density at radius 3 is 2.13 bits per heavy atom. The molecule has 0 aliphatic rings. The number of hydrogen-bond donors (Lipinski definition) is 1. The summed E-state index contributed by atoms with van der Waals surface area (Å²) in [6.45, 7) is 0. The maximum absolute atomic E-state index is 13.5. The number of carbonyl (C=O) groups is 1. The number of amides is 1. The lowest BCUT2D eigenvalue weighted by atomic mass is 10.2. The lowest BCUT2D eigenvalue weighted by Gasteiger charge is -2.06. The minimum absolute atomic E-state index is 0.481. The molecule has 6 heteroatoms. The summed E-state index contributed by atoms with van der Waals surface area (Å²) in [7, 11) is 3.02. The predicted octanol–water partition coefficient (Wildman–Crippen LogP) is 3.63. The van der Waals surface area contributed by atoms with E-state index in [1.165, 1.54) is 32.4 Å². The lowest BCUT2D eigenvalue weighted by Crippen LogP contribution is -2.10. The van der Waals surface area contributed by atoms with Gasteiger partial charge in [-0.3, -0.25) is 4.79 Å². The summed E-state index contributed by atoms with van der Waals surface area (Å²) in [5, 5.41) is 2.17. The zero-order valence-electron chi connectivity index (χ0n) is 12.6. The van der Waals surface area contributed by atoms with Crippen LogP contribution < -0.4 is 14.8 Å². The number of hydrogen-bond acceptors (Lipinski definition) is 3. The van der Waals surface area contributed by atoms with Gasteiger partial charge in [-0.1, -0.05) is 6.07 Å². The van der Waals surface area contributed by atoms with Crippen molar-refractivity contribution in [1.29, 1.82) is 0 Å². The van der Waals surface area contributed by atoms with Crippen LogP contribution in [0.5, 0.6) is 11.5 Å². The van der Waals surface area contributed by atoms with Crippen molar-refractivity contribution >= 4 is 17.7 Å². The van der Waals surface area contributed by atoms with Crippen molar-refractivity contribution in [2.75, 3.05) is 19.5 Å². The molecule has 1 N–H and O–H groups in total. The van der Waals surface area contributed by atoms with Crippen molar-refractivity contribution in [3.8, 4) is 11.5 Å². The number of rotatable bonds is 5. The average molecular weight is 319 g/mol. The van der Waals surface area contributed by atoms with Crippen LogP contribution in [0, 0.1) is 11.6 Å². The fourth-order valence-electron chi connectivity index (χ4n) is 1.88. The summed E-state index contributed by atoms with van der Waals surface area (Å²) in [4.78, 5) is 11.8. The second-order valence-corrected chi connectivity index (χ2v) is 4.57. The molecule has 0 radical (unpaired) electrons. The van der Waals surface area contributed by atoms with Gasteiger partial charge >= 0.3 is 0 Å². The number of benzene rings is 2. The van der Waals surface area contributed by atoms with Crippen LogP contribution in [-0.4, -0.2) is 20.1 Å². The molecule has 0 saturated carbocycles. The Morgan fingerprint density at radius 1 is 1.04 bits per heavy atom. The number of para-hydroxylation sites is 1. The van der Waals surface area contributed by atoms with Crippen LogP contribution in [-0.2, 0) is 4.79 Å². The smallest absolute Gasteiger partial charge is 0.248 e. The Bertz CT molecular complexity index is 702. The van der Waals surface area contributed by atoms with Crippen molar-refractivity contribution in [1.82, 2.24) is 0 Å². The minimum Gasteiger partial charge on any atom is -0.497 e. The van der Waals surface area contributed by atoms with Gasteiger partial charge in [-0.05, 0) is 35.9 Å². The number of anilines is 1. The van der Waals surface area contributed by atoms with Crippen LogP contribution in [0.2, 0.25) is 0 Å². The maximum Gasteiger partial charge on any atom is 0.248 e. The monoisotopic (exact) mass is 319 g/mol. The van der Waals surface area contributed by atoms with E-state index in [9.17, 15) is 13.6 Å². The topological polar surface area (TPSA) is 47.6 Å². The Balaban J connectivity index is 2.15. The first-order valence-electron chi connectivity index (χ1n) is 6.69. The van der Waals surface area contributed by atoms with E-state index in [-0.39, 0.29) is 0 Å². The first kappa shape index (κ1) is 16.5. The highest BCUT2D eigenvalue weighted by atomic mass is 19.1. The molecule has 23 heavy (non-hydrogen) atoms. The van der Waals surface area contributed by atoms with E-state index in [0.717, 1.165) is 12.1 Å². The van der Waals surface area contributed by atoms with E-state index in [1.807, 2.05) is 0 Å². The van der Waals surface area contributed by atoms with E-state index in [2.05, 4.69) is 5.32 Å². The van der Waals surface area contributed by atoms with Gasteiger partial charge < -0.3 is 14.8 Å². The summed E-state index contributed by atoms with van der Waals surface area (Å²) in [5.41, 5.74) is 0.163. The van der Waals surface area contributed by atoms with E-state index in [1.54, 1.807) is 18.2 Å². The van der Waals surface area contributed by atoms with Crippen LogP contribution in [0.25, 0.3) is 6.08 Å². The van der Waals surface area contributed by atoms with Crippen LogP contribution in [0.4, 0.5) is 14.5 Å². The average Bonchev–Trinajstić information content (AvgIpc) is 2.56. The van der Waals surface area contributed by atoms with E-state index in [0.29, 0.717) is 17.1 Å². The third-order valence-electron chi connectivity index (χ3n) is 3.01. The lowest BCUT2D eigenvalue weighted by molar-refractivity contribution is -0.111. The molecule has 120 valence electrons. The van der Waals surface area contributed by atoms with Gasteiger partial charge in [0, 0.05) is 12.1 Å². The first-order valence-corrected chi connectivity index (χ1v) is 6.69. The Morgan fingerprint density at radius 2 is 1.61 bits per heavy atom. The standard InChI is InChI=1S/C17H15F2NO3/c1-22-12-8-11(9-13(10-12)23-2)6-7-16(21)20-17-14(18)4-3-5-15(17)19/h3-10H,1-2H3,(H,20,21)/b7-6+. The Labute approximate surface area is 132 Å². The summed E-state index contributed by atoms with van der Waals surface area (Å²) >= 11 is 0. The van der Waals surface area contributed by atoms with Crippen LogP contribution in [0.15, 0.2) is 42.5 Å². The molecule has 0 aliphatic heterocycles. The molecule has 0 heterocycles. The highest BCUT2D eigenvalue weighted by Crippen LogP contribution is 2.23. The van der Waals surface area contributed by atoms with Crippen molar-refractivity contribution in [3.63, 3.8) is 0 Å². The van der Waals surface area contributed by atoms with Crippen LogP contribution in [0.3, 0.4) is 0 Å². The zero-order valence-corrected chi connectivity index (χ0v) is 12.6. The van der Waals surface area contributed by atoms with Gasteiger partial charge in [0.25, 0.3) is 0 Å². The minimum atomic E-state index is -0.838. The van der Waals surface area contributed by atoms with Crippen molar-refractivity contribution in [3.05, 3.63) is 59.7 Å². The zero-order chi connectivity index (χ0) is 16.8. The molecule has 0 aliphatic carbocycles. The molecule has 2 aromatic rings. The molecular formula is C17H15F2NO3. The number of ether oxygens (including phenoxy) is 2. The van der Waals surface area contributed by atoms with Crippen molar-refractivity contribution in [2.45, 2.75) is 0 Å². The Hall–Kier alpha value is -2.89. The summed E-state index contributed by atoms with van der Waals surface area (Å²) < 4.78 is 37.2. The van der Waals surface area contributed by atoms with Crippen molar-refractivity contribution < 1.29 is 23.0 Å². The highest BCUT2D eigenvalue weighted by Gasteiger charge is 2.10. The van der Waals surface area contributed by atoms with Gasteiger partial charge in [-0.15, -0.1) is 0 Å². The Kier molecular flexibility index (Phi) is 5.30. The third kappa shape index (κ3) is 4.29. The second kappa shape index (κ2) is 7.40. The molecule has 0 aromatic heterocycles. The van der Waals surface area contributed by atoms with Crippen molar-refractivity contribution in [2.24, 2.45) is 0 Å². The predicted molar refractivity (Wildman–Crippen MR) is 83.6 cm³/mol. The van der Waals surface area contributed by atoms with Gasteiger partial charge in [-0.25, -0.2) is 8.78 Å². The van der Waals surface area contributed by atoms with E-state index in [4.69, 9.17) is 9.47 Å². The first-order chi connectivity index (χ1) is 11.0.